The zero-order chi connectivity index (χ0) is 38.2. The average molecular weight is 742 g/mol. The molecule has 0 unspecified atom stereocenters. The molecule has 5 nitrogen and oxygen atoms in total. The lowest BCUT2D eigenvalue weighted by molar-refractivity contribution is 0.669. The predicted molar refractivity (Wildman–Crippen MR) is 237 cm³/mol. The third kappa shape index (κ3) is 5.36. The molecule has 0 bridgehead atoms. The largest absolute Gasteiger partial charge is 0.456 e. The van der Waals surface area contributed by atoms with Crippen LogP contribution in [0.15, 0.2) is 197 Å². The Balaban J connectivity index is 1.01. The number of hydrogen-bond donors (Lipinski definition) is 0. The van der Waals surface area contributed by atoms with E-state index < -0.39 is 0 Å². The first-order chi connectivity index (χ1) is 28.7. The summed E-state index contributed by atoms with van der Waals surface area (Å²) in [5, 5.41) is 8.81. The van der Waals surface area contributed by atoms with Gasteiger partial charge in [-0.3, -0.25) is 0 Å². The molecule has 0 amide bonds. The smallest absolute Gasteiger partial charge is 0.164 e. The van der Waals surface area contributed by atoms with Gasteiger partial charge in [0, 0.05) is 38.2 Å². The molecule has 0 saturated heterocycles. The molecule has 58 heavy (non-hydrogen) atoms. The highest BCUT2D eigenvalue weighted by Gasteiger charge is 2.19. The molecule has 270 valence electrons. The Labute approximate surface area is 332 Å². The van der Waals surface area contributed by atoms with Crippen LogP contribution in [0.2, 0.25) is 0 Å². The number of benzene rings is 9. The van der Waals surface area contributed by atoms with E-state index in [1.165, 1.54) is 5.39 Å². The van der Waals surface area contributed by atoms with Crippen molar-refractivity contribution in [2.45, 2.75) is 0 Å². The summed E-state index contributed by atoms with van der Waals surface area (Å²) in [4.78, 5) is 15.5. The maximum absolute atomic E-state index is 6.50. The van der Waals surface area contributed by atoms with E-state index in [1.807, 2.05) is 18.2 Å². The predicted octanol–water partition coefficient (Wildman–Crippen LogP) is 14.3. The Morgan fingerprint density at radius 3 is 1.69 bits per heavy atom. The quantitative estimate of drug-likeness (QED) is 0.176. The van der Waals surface area contributed by atoms with E-state index in [-0.39, 0.29) is 0 Å². The van der Waals surface area contributed by atoms with Crippen molar-refractivity contribution in [3.63, 3.8) is 0 Å². The summed E-state index contributed by atoms with van der Waals surface area (Å²) in [5.74, 6) is 1.79. The van der Waals surface area contributed by atoms with Crippen LogP contribution in [0.25, 0.3) is 122 Å². The molecule has 0 aliphatic heterocycles. The van der Waals surface area contributed by atoms with Crippen LogP contribution in [0.1, 0.15) is 0 Å². The summed E-state index contributed by atoms with van der Waals surface area (Å²) >= 11 is 0. The van der Waals surface area contributed by atoms with E-state index in [1.54, 1.807) is 0 Å². The SMILES string of the molecule is c1ccc(-c2ccc(-c3nc(-c4ccc5ccccc5c4)nc(-c4cccc5oc6ccc(-c7ccc8c(c7)oc7cc9ccccc9cc78)cc6c45)n3)cc2)cc1. The highest BCUT2D eigenvalue weighted by Crippen LogP contribution is 2.40. The Kier molecular flexibility index (Phi) is 7.16. The summed E-state index contributed by atoms with van der Waals surface area (Å²) < 4.78 is 12.9. The van der Waals surface area contributed by atoms with Gasteiger partial charge in [-0.25, -0.2) is 15.0 Å². The van der Waals surface area contributed by atoms with Gasteiger partial charge < -0.3 is 8.83 Å². The highest BCUT2D eigenvalue weighted by molar-refractivity contribution is 6.14. The molecule has 9 aromatic carbocycles. The molecule has 0 aliphatic carbocycles. The lowest BCUT2D eigenvalue weighted by Gasteiger charge is -2.10. The number of nitrogens with zero attached hydrogens (tertiary/aromatic N) is 3. The zero-order valence-electron chi connectivity index (χ0n) is 31.1. The number of furan rings is 2. The molecular formula is C53H31N3O2. The molecule has 0 aliphatic rings. The number of aromatic nitrogens is 3. The molecule has 0 radical (unpaired) electrons. The second kappa shape index (κ2) is 12.8. The van der Waals surface area contributed by atoms with E-state index >= 15 is 0 Å². The molecule has 0 fully saturated rings. The lowest BCUT2D eigenvalue weighted by atomic mass is 9.99. The van der Waals surface area contributed by atoms with E-state index in [0.717, 1.165) is 99.0 Å². The van der Waals surface area contributed by atoms with Gasteiger partial charge in [0.25, 0.3) is 0 Å². The fraction of sp³-hybridized carbons (Fsp3) is 0. The molecular weight excluding hydrogens is 711 g/mol. The Morgan fingerprint density at radius 2 is 0.862 bits per heavy atom. The minimum atomic E-state index is 0.579. The van der Waals surface area contributed by atoms with Gasteiger partial charge in [-0.2, -0.15) is 0 Å². The fourth-order valence-corrected chi connectivity index (χ4v) is 8.36. The minimum Gasteiger partial charge on any atom is -0.456 e. The Bertz CT molecular complexity index is 3570. The van der Waals surface area contributed by atoms with Crippen LogP contribution < -0.4 is 0 Å². The van der Waals surface area contributed by atoms with Gasteiger partial charge in [0.2, 0.25) is 0 Å². The van der Waals surface area contributed by atoms with Crippen molar-refractivity contribution in [2.75, 3.05) is 0 Å². The average Bonchev–Trinajstić information content (AvgIpc) is 3.85. The third-order valence-corrected chi connectivity index (χ3v) is 11.3. The van der Waals surface area contributed by atoms with Crippen molar-refractivity contribution in [3.05, 3.63) is 188 Å². The molecule has 3 aromatic heterocycles. The van der Waals surface area contributed by atoms with Crippen molar-refractivity contribution in [3.8, 4) is 56.4 Å². The Hall–Kier alpha value is -7.89. The Morgan fingerprint density at radius 1 is 0.276 bits per heavy atom. The minimum absolute atomic E-state index is 0.579. The van der Waals surface area contributed by atoms with Gasteiger partial charge in [0.15, 0.2) is 17.5 Å². The zero-order valence-corrected chi connectivity index (χ0v) is 31.1. The lowest BCUT2D eigenvalue weighted by Crippen LogP contribution is -2.00. The maximum atomic E-state index is 6.50. The van der Waals surface area contributed by atoms with Gasteiger partial charge in [-0.05, 0) is 92.3 Å². The summed E-state index contributed by atoms with van der Waals surface area (Å²) in [6, 6.07) is 65.2. The number of rotatable bonds is 5. The third-order valence-electron chi connectivity index (χ3n) is 11.3. The second-order valence-electron chi connectivity index (χ2n) is 14.8. The van der Waals surface area contributed by atoms with Crippen LogP contribution in [0, 0.1) is 0 Å². The van der Waals surface area contributed by atoms with Gasteiger partial charge in [-0.1, -0.05) is 140 Å². The number of hydrogen-bond acceptors (Lipinski definition) is 5. The summed E-state index contributed by atoms with van der Waals surface area (Å²) in [6.07, 6.45) is 0. The molecule has 0 spiro atoms. The van der Waals surface area contributed by atoms with Crippen molar-refractivity contribution in [1.82, 2.24) is 15.0 Å². The van der Waals surface area contributed by atoms with Gasteiger partial charge >= 0.3 is 0 Å². The van der Waals surface area contributed by atoms with Crippen LogP contribution in [0.3, 0.4) is 0 Å². The highest BCUT2D eigenvalue weighted by atomic mass is 16.3. The van der Waals surface area contributed by atoms with Crippen molar-refractivity contribution >= 4 is 65.4 Å². The first-order valence-corrected chi connectivity index (χ1v) is 19.4. The standard InChI is InChI=1S/C53H31N3O2/c1-2-9-32(10-3-1)34-17-20-35(21-18-34)51-54-52(41-22-19-33-11-4-5-12-36(33)27-41)56-53(55-51)43-15-8-16-47-50(43)45-29-39(24-26-46(45)57-47)40-23-25-42-44-28-37-13-6-7-14-38(37)30-49(44)58-48(42)31-40/h1-31H. The van der Waals surface area contributed by atoms with Gasteiger partial charge in [0.1, 0.15) is 22.3 Å². The first-order valence-electron chi connectivity index (χ1n) is 19.4. The van der Waals surface area contributed by atoms with Crippen molar-refractivity contribution in [1.29, 1.82) is 0 Å². The molecule has 0 saturated carbocycles. The van der Waals surface area contributed by atoms with Gasteiger partial charge in [-0.15, -0.1) is 0 Å². The molecule has 12 rings (SSSR count). The van der Waals surface area contributed by atoms with Crippen LogP contribution in [-0.2, 0) is 0 Å². The molecule has 0 atom stereocenters. The van der Waals surface area contributed by atoms with Crippen LogP contribution in [0.5, 0.6) is 0 Å². The summed E-state index contributed by atoms with van der Waals surface area (Å²) in [7, 11) is 0. The topological polar surface area (TPSA) is 65.0 Å². The molecule has 0 N–H and O–H groups in total. The fourth-order valence-electron chi connectivity index (χ4n) is 8.36. The summed E-state index contributed by atoms with van der Waals surface area (Å²) in [5.41, 5.74) is 10.4. The van der Waals surface area contributed by atoms with Crippen molar-refractivity contribution in [2.24, 2.45) is 0 Å². The molecule has 3 heterocycles. The first kappa shape index (κ1) is 32.4. The van der Waals surface area contributed by atoms with E-state index in [9.17, 15) is 0 Å². The van der Waals surface area contributed by atoms with Crippen molar-refractivity contribution < 1.29 is 8.83 Å². The second-order valence-corrected chi connectivity index (χ2v) is 14.8. The van der Waals surface area contributed by atoms with E-state index in [2.05, 4.69) is 170 Å². The van der Waals surface area contributed by atoms with E-state index in [4.69, 9.17) is 23.8 Å². The number of fused-ring (bicyclic) bond motifs is 8. The normalized spacial score (nSPS) is 11.8. The molecule has 5 heteroatoms. The van der Waals surface area contributed by atoms with E-state index in [0.29, 0.717) is 17.5 Å². The maximum Gasteiger partial charge on any atom is 0.164 e. The van der Waals surface area contributed by atoms with Gasteiger partial charge in [0.05, 0.1) is 0 Å². The van der Waals surface area contributed by atoms with Crippen LogP contribution in [-0.4, -0.2) is 15.0 Å². The monoisotopic (exact) mass is 741 g/mol. The molecule has 12 aromatic rings. The van der Waals surface area contributed by atoms with Crippen LogP contribution >= 0.6 is 0 Å². The summed E-state index contributed by atoms with van der Waals surface area (Å²) in [6.45, 7) is 0. The van der Waals surface area contributed by atoms with Crippen LogP contribution in [0.4, 0.5) is 0 Å².